The van der Waals surface area contributed by atoms with Gasteiger partial charge < -0.3 is 9.64 Å². The van der Waals surface area contributed by atoms with Gasteiger partial charge in [-0.1, -0.05) is 0 Å². The van der Waals surface area contributed by atoms with Gasteiger partial charge in [0.2, 0.25) is 0 Å². The maximum atomic E-state index is 12.3. The van der Waals surface area contributed by atoms with Gasteiger partial charge in [0.1, 0.15) is 11.4 Å². The molecule has 0 saturated carbocycles. The zero-order chi connectivity index (χ0) is 18.1. The Hall–Kier alpha value is -1.27. The summed E-state index contributed by atoms with van der Waals surface area (Å²) >= 11 is 0. The van der Waals surface area contributed by atoms with Crippen LogP contribution in [-0.2, 0) is 9.53 Å². The molecule has 2 aliphatic rings. The molecule has 0 aliphatic carbocycles. The smallest absolute Gasteiger partial charge is 0.410 e. The molecule has 0 aromatic carbocycles. The van der Waals surface area contributed by atoms with Crippen LogP contribution in [0.1, 0.15) is 65.7 Å². The molecular formula is C17H26F3NO3. The number of hydrogen-bond acceptors (Lipinski definition) is 3. The number of carbonyl (C=O) groups excluding carboxylic acids is 2. The van der Waals surface area contributed by atoms with E-state index in [0.29, 0.717) is 12.8 Å². The van der Waals surface area contributed by atoms with E-state index >= 15 is 0 Å². The predicted molar refractivity (Wildman–Crippen MR) is 82.5 cm³/mol. The third-order valence-electron chi connectivity index (χ3n) is 4.68. The molecule has 2 fully saturated rings. The quantitative estimate of drug-likeness (QED) is 0.752. The Morgan fingerprint density at radius 3 is 2.08 bits per heavy atom. The number of amides is 1. The summed E-state index contributed by atoms with van der Waals surface area (Å²) < 4.78 is 42.0. The molecule has 2 saturated heterocycles. The molecule has 2 unspecified atom stereocenters. The van der Waals surface area contributed by atoms with E-state index < -0.39 is 18.2 Å². The highest BCUT2D eigenvalue weighted by Crippen LogP contribution is 2.40. The fourth-order valence-electron chi connectivity index (χ4n) is 3.72. The molecule has 2 aliphatic heterocycles. The van der Waals surface area contributed by atoms with Crippen molar-refractivity contribution in [3.8, 4) is 0 Å². The number of ketones is 1. The molecule has 2 rings (SSSR count). The predicted octanol–water partition coefficient (Wildman–Crippen LogP) is 4.47. The van der Waals surface area contributed by atoms with Crippen LogP contribution in [0.15, 0.2) is 0 Å². The van der Waals surface area contributed by atoms with E-state index in [1.54, 1.807) is 4.90 Å². The van der Waals surface area contributed by atoms with E-state index in [4.69, 9.17) is 4.74 Å². The van der Waals surface area contributed by atoms with Crippen LogP contribution in [0.3, 0.4) is 0 Å². The fourth-order valence-corrected chi connectivity index (χ4v) is 3.72. The lowest BCUT2D eigenvalue weighted by Crippen LogP contribution is -2.49. The first kappa shape index (κ1) is 19.1. The molecular weight excluding hydrogens is 323 g/mol. The molecule has 0 aromatic rings. The number of ether oxygens (including phenoxy) is 1. The lowest BCUT2D eigenvalue weighted by Gasteiger charge is -2.39. The number of Topliss-reactive ketones (excluding diaryl/α,β-unsaturated/α-hetero) is 1. The number of alkyl halides is 3. The van der Waals surface area contributed by atoms with Crippen molar-refractivity contribution in [2.24, 2.45) is 5.92 Å². The molecule has 0 N–H and O–H groups in total. The highest BCUT2D eigenvalue weighted by molar-refractivity contribution is 5.81. The SMILES string of the molecule is CC(C)(C)OC(=O)N1C2CCC1CC(C(=O)CCCC(F)(F)F)C2. The highest BCUT2D eigenvalue weighted by atomic mass is 19.4. The van der Waals surface area contributed by atoms with E-state index in [1.807, 2.05) is 20.8 Å². The van der Waals surface area contributed by atoms with Crippen LogP contribution >= 0.6 is 0 Å². The summed E-state index contributed by atoms with van der Waals surface area (Å²) in [5.41, 5.74) is -0.569. The van der Waals surface area contributed by atoms with Crippen molar-refractivity contribution in [1.82, 2.24) is 4.90 Å². The van der Waals surface area contributed by atoms with Gasteiger partial charge in [0.25, 0.3) is 0 Å². The Balaban J connectivity index is 1.88. The number of nitrogens with zero attached hydrogens (tertiary/aromatic N) is 1. The summed E-state index contributed by atoms with van der Waals surface area (Å²) in [6, 6.07) is -0.0645. The van der Waals surface area contributed by atoms with Crippen LogP contribution in [0.2, 0.25) is 0 Å². The van der Waals surface area contributed by atoms with Crippen molar-refractivity contribution in [2.45, 2.75) is 89.6 Å². The van der Waals surface area contributed by atoms with Gasteiger partial charge in [-0.3, -0.25) is 4.79 Å². The van der Waals surface area contributed by atoms with E-state index in [-0.39, 0.29) is 42.7 Å². The third kappa shape index (κ3) is 5.11. The van der Waals surface area contributed by atoms with Gasteiger partial charge >= 0.3 is 12.3 Å². The average molecular weight is 349 g/mol. The Morgan fingerprint density at radius 1 is 1.08 bits per heavy atom. The summed E-state index contributed by atoms with van der Waals surface area (Å²) in [4.78, 5) is 26.3. The maximum Gasteiger partial charge on any atom is 0.410 e. The second kappa shape index (κ2) is 6.92. The molecule has 0 radical (unpaired) electrons. The minimum Gasteiger partial charge on any atom is -0.444 e. The van der Waals surface area contributed by atoms with Gasteiger partial charge in [-0.05, 0) is 52.9 Å². The second-order valence-corrected chi connectivity index (χ2v) is 7.88. The summed E-state index contributed by atoms with van der Waals surface area (Å²) in [7, 11) is 0. The Kier molecular flexibility index (Phi) is 5.50. The van der Waals surface area contributed by atoms with E-state index in [0.717, 1.165) is 12.8 Å². The summed E-state index contributed by atoms with van der Waals surface area (Å²) in [6.07, 6.45) is -2.91. The zero-order valence-electron chi connectivity index (χ0n) is 14.5. The lowest BCUT2D eigenvalue weighted by atomic mass is 9.86. The van der Waals surface area contributed by atoms with Gasteiger partial charge in [0.15, 0.2) is 0 Å². The van der Waals surface area contributed by atoms with Crippen LogP contribution in [-0.4, -0.2) is 40.6 Å². The van der Waals surface area contributed by atoms with Gasteiger partial charge in [0.05, 0.1) is 0 Å². The second-order valence-electron chi connectivity index (χ2n) is 7.88. The zero-order valence-corrected chi connectivity index (χ0v) is 14.5. The molecule has 7 heteroatoms. The molecule has 24 heavy (non-hydrogen) atoms. The Labute approximate surface area is 140 Å². The largest absolute Gasteiger partial charge is 0.444 e. The summed E-state index contributed by atoms with van der Waals surface area (Å²) in [6.45, 7) is 5.43. The van der Waals surface area contributed by atoms with E-state index in [2.05, 4.69) is 0 Å². The molecule has 138 valence electrons. The average Bonchev–Trinajstić information content (AvgIpc) is 2.66. The number of fused-ring (bicyclic) bond motifs is 2. The minimum atomic E-state index is -4.21. The molecule has 4 nitrogen and oxygen atoms in total. The molecule has 2 bridgehead atoms. The van der Waals surface area contributed by atoms with Crippen LogP contribution < -0.4 is 0 Å². The number of rotatable bonds is 4. The Bertz CT molecular complexity index is 470. The van der Waals surface area contributed by atoms with Crippen molar-refractivity contribution in [1.29, 1.82) is 0 Å². The van der Waals surface area contributed by atoms with Gasteiger partial charge in [0, 0.05) is 30.8 Å². The van der Waals surface area contributed by atoms with Crippen molar-refractivity contribution >= 4 is 11.9 Å². The van der Waals surface area contributed by atoms with Gasteiger partial charge in [-0.15, -0.1) is 0 Å². The van der Waals surface area contributed by atoms with Crippen molar-refractivity contribution in [2.75, 3.05) is 0 Å². The fraction of sp³-hybridized carbons (Fsp3) is 0.882. The maximum absolute atomic E-state index is 12.3. The summed E-state index contributed by atoms with van der Waals surface area (Å²) in [5, 5.41) is 0. The molecule has 2 heterocycles. The number of hydrogen-bond donors (Lipinski definition) is 0. The normalized spacial score (nSPS) is 27.2. The van der Waals surface area contributed by atoms with E-state index in [9.17, 15) is 22.8 Å². The number of halogens is 3. The van der Waals surface area contributed by atoms with Crippen LogP contribution in [0.4, 0.5) is 18.0 Å². The Morgan fingerprint density at radius 2 is 1.62 bits per heavy atom. The van der Waals surface area contributed by atoms with Crippen LogP contribution in [0.25, 0.3) is 0 Å². The molecule has 1 amide bonds. The first-order valence-electron chi connectivity index (χ1n) is 8.57. The first-order valence-corrected chi connectivity index (χ1v) is 8.57. The monoisotopic (exact) mass is 349 g/mol. The molecule has 2 atom stereocenters. The minimum absolute atomic E-state index is 0.0317. The number of piperidine rings is 1. The van der Waals surface area contributed by atoms with Crippen molar-refractivity contribution in [3.63, 3.8) is 0 Å². The van der Waals surface area contributed by atoms with Crippen LogP contribution in [0.5, 0.6) is 0 Å². The standard InChI is InChI=1S/C17H26F3NO3/c1-16(2,3)24-15(23)21-12-6-7-13(21)10-11(9-12)14(22)5-4-8-17(18,19)20/h11-13H,4-10H2,1-3H3. The third-order valence-corrected chi connectivity index (χ3v) is 4.68. The van der Waals surface area contributed by atoms with Gasteiger partial charge in [-0.25, -0.2) is 4.79 Å². The van der Waals surface area contributed by atoms with Gasteiger partial charge in [-0.2, -0.15) is 13.2 Å². The lowest BCUT2D eigenvalue weighted by molar-refractivity contribution is -0.138. The number of carbonyl (C=O) groups is 2. The highest BCUT2D eigenvalue weighted by Gasteiger charge is 2.46. The summed E-state index contributed by atoms with van der Waals surface area (Å²) in [5.74, 6) is -0.325. The van der Waals surface area contributed by atoms with Crippen molar-refractivity contribution in [3.05, 3.63) is 0 Å². The molecule has 0 spiro atoms. The van der Waals surface area contributed by atoms with Crippen molar-refractivity contribution < 1.29 is 27.5 Å². The topological polar surface area (TPSA) is 46.6 Å². The van der Waals surface area contributed by atoms with E-state index in [1.165, 1.54) is 0 Å². The first-order chi connectivity index (χ1) is 11.0. The van der Waals surface area contributed by atoms with Crippen LogP contribution in [0, 0.1) is 5.92 Å². The molecule has 0 aromatic heterocycles.